The normalized spacial score (nSPS) is 12.1. The molecule has 0 unspecified atom stereocenters. The molecule has 24 heavy (non-hydrogen) atoms. The van der Waals surface area contributed by atoms with Gasteiger partial charge in [-0.05, 0) is 0 Å². The molecule has 0 atom stereocenters. The average molecular weight is 435 g/mol. The molecule has 1 aromatic rings. The first-order valence-corrected chi connectivity index (χ1v) is 18.2. The second kappa shape index (κ2) is 14.0. The Morgan fingerprint density at radius 1 is 0.750 bits per heavy atom. The molecule has 0 saturated heterocycles. The van der Waals surface area contributed by atoms with Gasteiger partial charge in [0.25, 0.3) is 0 Å². The second-order valence-corrected chi connectivity index (χ2v) is 20.5. The molecule has 136 valence electrons. The van der Waals surface area contributed by atoms with E-state index in [1.807, 2.05) is 0 Å². The number of unbranched alkanes of at least 4 members (excludes halogenated alkanes) is 4. The van der Waals surface area contributed by atoms with E-state index in [2.05, 4.69) is 61.3 Å². The molecule has 0 saturated carbocycles. The quantitative estimate of drug-likeness (QED) is 0.205. The van der Waals surface area contributed by atoms with Crippen LogP contribution in [0, 0.1) is 0 Å². The predicted octanol–water partition coefficient (Wildman–Crippen LogP) is 7.95. The molecule has 0 amide bonds. The van der Waals surface area contributed by atoms with Crippen molar-refractivity contribution in [2.75, 3.05) is 0 Å². The Labute approximate surface area is 156 Å². The third kappa shape index (κ3) is 9.30. The first kappa shape index (κ1) is 21.8. The van der Waals surface area contributed by atoms with Crippen molar-refractivity contribution >= 4 is 18.4 Å². The predicted molar refractivity (Wildman–Crippen MR) is 113 cm³/mol. The molecule has 0 aliphatic carbocycles. The van der Waals surface area contributed by atoms with Crippen LogP contribution in [0.25, 0.3) is 0 Å². The van der Waals surface area contributed by atoms with Crippen molar-refractivity contribution in [3.05, 3.63) is 46.1 Å². The summed E-state index contributed by atoms with van der Waals surface area (Å²) >= 11 is -2.01. The summed E-state index contributed by atoms with van der Waals surface area (Å²) in [4.78, 5) is 0. The van der Waals surface area contributed by atoms with Gasteiger partial charge >= 0.3 is 156 Å². The number of aryl methyl sites for hydroxylation is 1. The summed E-state index contributed by atoms with van der Waals surface area (Å²) in [6.07, 6.45) is 14.9. The Kier molecular flexibility index (Phi) is 12.7. The molecule has 0 radical (unpaired) electrons. The van der Waals surface area contributed by atoms with Gasteiger partial charge in [0.15, 0.2) is 0 Å². The fourth-order valence-corrected chi connectivity index (χ4v) is 18.1. The molecule has 1 aromatic carbocycles. The Morgan fingerprint density at radius 2 is 1.29 bits per heavy atom. The SMILES string of the molecule is CCC[CH2][Sn](/[CH]=C/CCCc1ccccc1)([CH2]CCC)[CH2]CCC. The van der Waals surface area contributed by atoms with E-state index in [4.69, 9.17) is 0 Å². The fraction of sp³-hybridized carbons (Fsp3) is 0.652. The van der Waals surface area contributed by atoms with Gasteiger partial charge in [0.05, 0.1) is 0 Å². The molecular weight excluding hydrogens is 395 g/mol. The molecule has 0 spiro atoms. The van der Waals surface area contributed by atoms with Gasteiger partial charge in [-0.2, -0.15) is 0 Å². The summed E-state index contributed by atoms with van der Waals surface area (Å²) in [5, 5.41) is 0. The molecule has 0 aliphatic rings. The monoisotopic (exact) mass is 436 g/mol. The topological polar surface area (TPSA) is 0 Å². The molecule has 0 aromatic heterocycles. The van der Waals surface area contributed by atoms with E-state index in [9.17, 15) is 0 Å². The van der Waals surface area contributed by atoms with E-state index in [0.717, 1.165) is 0 Å². The molecule has 0 N–H and O–H groups in total. The molecular formula is C23H40Sn. The van der Waals surface area contributed by atoms with Gasteiger partial charge in [-0.15, -0.1) is 0 Å². The van der Waals surface area contributed by atoms with Crippen molar-refractivity contribution in [3.63, 3.8) is 0 Å². The third-order valence-corrected chi connectivity index (χ3v) is 19.5. The van der Waals surface area contributed by atoms with E-state index < -0.39 is 18.4 Å². The average Bonchev–Trinajstić information content (AvgIpc) is 2.63. The van der Waals surface area contributed by atoms with Gasteiger partial charge in [0.2, 0.25) is 0 Å². The number of hydrogen-bond acceptors (Lipinski definition) is 0. The molecule has 0 heterocycles. The van der Waals surface area contributed by atoms with Crippen LogP contribution in [0.3, 0.4) is 0 Å². The van der Waals surface area contributed by atoms with Gasteiger partial charge in [-0.25, -0.2) is 0 Å². The maximum atomic E-state index is 2.83. The summed E-state index contributed by atoms with van der Waals surface area (Å²) in [7, 11) is 0. The van der Waals surface area contributed by atoms with Crippen LogP contribution in [-0.2, 0) is 6.42 Å². The zero-order valence-corrected chi connectivity index (χ0v) is 19.4. The molecule has 0 nitrogen and oxygen atoms in total. The van der Waals surface area contributed by atoms with Crippen molar-refractivity contribution in [1.82, 2.24) is 0 Å². The van der Waals surface area contributed by atoms with Gasteiger partial charge in [-0.3, -0.25) is 0 Å². The Balaban J connectivity index is 2.55. The number of benzene rings is 1. The zero-order valence-electron chi connectivity index (χ0n) is 16.5. The van der Waals surface area contributed by atoms with Crippen LogP contribution in [0.5, 0.6) is 0 Å². The maximum absolute atomic E-state index is 2.83. The third-order valence-electron chi connectivity index (χ3n) is 5.24. The number of allylic oxidation sites excluding steroid dienone is 1. The van der Waals surface area contributed by atoms with Crippen LogP contribution in [0.1, 0.15) is 77.7 Å². The first-order valence-electron chi connectivity index (χ1n) is 10.5. The van der Waals surface area contributed by atoms with Crippen LogP contribution in [0.15, 0.2) is 40.5 Å². The van der Waals surface area contributed by atoms with E-state index in [1.165, 1.54) is 63.4 Å². The van der Waals surface area contributed by atoms with Crippen molar-refractivity contribution in [2.24, 2.45) is 0 Å². The van der Waals surface area contributed by atoms with Crippen LogP contribution < -0.4 is 0 Å². The van der Waals surface area contributed by atoms with Gasteiger partial charge in [-0.1, -0.05) is 0 Å². The van der Waals surface area contributed by atoms with Crippen molar-refractivity contribution in [1.29, 1.82) is 0 Å². The molecule has 0 aliphatic heterocycles. The van der Waals surface area contributed by atoms with Crippen LogP contribution >= 0.6 is 0 Å². The zero-order chi connectivity index (χ0) is 17.5. The van der Waals surface area contributed by atoms with E-state index >= 15 is 0 Å². The van der Waals surface area contributed by atoms with Crippen molar-refractivity contribution < 1.29 is 0 Å². The van der Waals surface area contributed by atoms with Crippen LogP contribution in [-0.4, -0.2) is 18.4 Å². The van der Waals surface area contributed by atoms with Crippen LogP contribution in [0.2, 0.25) is 13.3 Å². The minimum absolute atomic E-state index is 1.23. The van der Waals surface area contributed by atoms with Crippen molar-refractivity contribution in [3.8, 4) is 0 Å². The minimum atomic E-state index is -2.01. The van der Waals surface area contributed by atoms with Gasteiger partial charge < -0.3 is 0 Å². The second-order valence-electron chi connectivity index (χ2n) is 7.45. The number of rotatable bonds is 14. The van der Waals surface area contributed by atoms with E-state index in [1.54, 1.807) is 13.3 Å². The van der Waals surface area contributed by atoms with Crippen LogP contribution in [0.4, 0.5) is 0 Å². The Hall–Kier alpha value is -0.241. The van der Waals surface area contributed by atoms with Gasteiger partial charge in [0, 0.05) is 0 Å². The van der Waals surface area contributed by atoms with Crippen molar-refractivity contribution in [2.45, 2.75) is 91.9 Å². The van der Waals surface area contributed by atoms with E-state index in [0.29, 0.717) is 0 Å². The summed E-state index contributed by atoms with van der Waals surface area (Å²) in [6, 6.07) is 11.0. The summed E-state index contributed by atoms with van der Waals surface area (Å²) in [5.74, 6) is 0. The summed E-state index contributed by atoms with van der Waals surface area (Å²) < 4.78 is 7.63. The Bertz CT molecular complexity index is 399. The van der Waals surface area contributed by atoms with E-state index in [-0.39, 0.29) is 0 Å². The molecule has 0 bridgehead atoms. The standard InChI is InChI=1S/C11H13.3C4H9.Sn/c1-2-3-5-8-11-9-6-4-7-10-11;3*1-3-4-2;/h1-2,4,6-7,9-10H,3,5,8H2;3*1,3-4H2,2H3;. The fourth-order valence-electron chi connectivity index (χ4n) is 3.61. The van der Waals surface area contributed by atoms with Gasteiger partial charge in [0.1, 0.15) is 0 Å². The molecule has 1 rings (SSSR count). The molecule has 1 heteroatoms. The summed E-state index contributed by atoms with van der Waals surface area (Å²) in [6.45, 7) is 7.08. The number of hydrogen-bond donors (Lipinski definition) is 0. The summed E-state index contributed by atoms with van der Waals surface area (Å²) in [5.41, 5.74) is 1.49. The first-order chi connectivity index (χ1) is 11.8. The molecule has 0 fully saturated rings. The Morgan fingerprint density at radius 3 is 1.79 bits per heavy atom.